The van der Waals surface area contributed by atoms with Crippen LogP contribution in [0.1, 0.15) is 69.9 Å². The van der Waals surface area contributed by atoms with Gasteiger partial charge in [-0.25, -0.2) is 4.39 Å². The Kier molecular flexibility index (Phi) is 6.93. The molecule has 2 aromatic carbocycles. The molecule has 8 heteroatoms. The molecule has 5 rings (SSSR count). The lowest BCUT2D eigenvalue weighted by molar-refractivity contribution is -0.123. The number of Topliss-reactive ketones (excluding diaryl/α,β-unsaturated/α-hetero) is 1. The van der Waals surface area contributed by atoms with E-state index in [1.165, 1.54) is 12.1 Å². The molecule has 2 aromatic rings. The van der Waals surface area contributed by atoms with Crippen LogP contribution >= 0.6 is 23.2 Å². The fourth-order valence-electron chi connectivity index (χ4n) is 6.83. The van der Waals surface area contributed by atoms with Crippen LogP contribution in [0.3, 0.4) is 0 Å². The van der Waals surface area contributed by atoms with Crippen LogP contribution in [0.25, 0.3) is 0 Å². The Labute approximate surface area is 227 Å². The minimum atomic E-state index is -1.24. The summed E-state index contributed by atoms with van der Waals surface area (Å²) in [4.78, 5) is 28.1. The molecule has 37 heavy (non-hydrogen) atoms. The van der Waals surface area contributed by atoms with Crippen molar-refractivity contribution >= 4 is 40.6 Å². The lowest BCUT2D eigenvalue weighted by Crippen LogP contribution is -2.49. The number of aliphatic hydroxyl groups is 1. The molecule has 2 heterocycles. The summed E-state index contributed by atoms with van der Waals surface area (Å²) in [5.41, 5.74) is 0.299. The highest BCUT2D eigenvalue weighted by Gasteiger charge is 2.65. The third kappa shape index (κ3) is 4.71. The summed E-state index contributed by atoms with van der Waals surface area (Å²) in [5, 5.41) is 17.0. The molecule has 3 aliphatic rings. The number of fused-ring (bicyclic) bond motifs is 2. The van der Waals surface area contributed by atoms with Gasteiger partial charge in [0.1, 0.15) is 11.2 Å². The van der Waals surface area contributed by atoms with E-state index in [1.54, 1.807) is 12.1 Å². The molecule has 2 aliphatic heterocycles. The van der Waals surface area contributed by atoms with Crippen molar-refractivity contribution in [3.63, 3.8) is 0 Å². The number of halogens is 3. The van der Waals surface area contributed by atoms with Gasteiger partial charge in [0, 0.05) is 29.1 Å². The van der Waals surface area contributed by atoms with E-state index < -0.39 is 29.2 Å². The van der Waals surface area contributed by atoms with Gasteiger partial charge in [0.2, 0.25) is 5.91 Å². The first kappa shape index (κ1) is 26.6. The Hall–Kier alpha value is -1.99. The van der Waals surface area contributed by atoms with Gasteiger partial charge >= 0.3 is 0 Å². The Morgan fingerprint density at radius 3 is 2.59 bits per heavy atom. The van der Waals surface area contributed by atoms with Crippen LogP contribution in [0, 0.1) is 17.2 Å². The Morgan fingerprint density at radius 1 is 1.19 bits per heavy atom. The van der Waals surface area contributed by atoms with Crippen molar-refractivity contribution in [3.05, 3.63) is 63.4 Å². The maximum atomic E-state index is 15.0. The normalized spacial score (nSPS) is 31.1. The SMILES string of the molecule is CC(C)(C)C[C@H]1N[C@@H](C(=O)CC2CC[C@@H](O)C2)[C@H](c2cccc(Cl)c2)[C@@]12C(=O)Nc1cc(Cl)c(F)cc12. The third-order valence-electron chi connectivity index (χ3n) is 8.26. The van der Waals surface area contributed by atoms with E-state index in [0.717, 1.165) is 12.0 Å². The maximum absolute atomic E-state index is 15.0. The molecule has 198 valence electrons. The van der Waals surface area contributed by atoms with Crippen molar-refractivity contribution in [2.75, 3.05) is 5.32 Å². The molecule has 1 unspecified atom stereocenters. The van der Waals surface area contributed by atoms with Gasteiger partial charge in [-0.3, -0.25) is 9.59 Å². The number of hydrogen-bond acceptors (Lipinski definition) is 4. The van der Waals surface area contributed by atoms with Gasteiger partial charge in [0.25, 0.3) is 0 Å². The van der Waals surface area contributed by atoms with Crippen molar-refractivity contribution < 1.29 is 19.1 Å². The van der Waals surface area contributed by atoms with E-state index in [0.29, 0.717) is 42.0 Å². The topological polar surface area (TPSA) is 78.4 Å². The smallest absolute Gasteiger partial charge is 0.237 e. The second-order valence-electron chi connectivity index (χ2n) is 12.1. The van der Waals surface area contributed by atoms with Crippen LogP contribution in [-0.4, -0.2) is 35.0 Å². The van der Waals surface area contributed by atoms with Gasteiger partial charge in [-0.2, -0.15) is 0 Å². The molecule has 2 fully saturated rings. The van der Waals surface area contributed by atoms with Crippen LogP contribution < -0.4 is 10.6 Å². The number of anilines is 1. The molecule has 6 atom stereocenters. The number of carbonyl (C=O) groups is 2. The van der Waals surface area contributed by atoms with Crippen molar-refractivity contribution in [2.45, 2.75) is 82.4 Å². The minimum Gasteiger partial charge on any atom is -0.393 e. The summed E-state index contributed by atoms with van der Waals surface area (Å²) in [6.45, 7) is 6.26. The van der Waals surface area contributed by atoms with E-state index in [9.17, 15) is 19.1 Å². The third-order valence-corrected chi connectivity index (χ3v) is 8.78. The number of amides is 1. The maximum Gasteiger partial charge on any atom is 0.237 e. The minimum absolute atomic E-state index is 0.00412. The Bertz CT molecular complexity index is 1250. The summed E-state index contributed by atoms with van der Waals surface area (Å²) in [6, 6.07) is 8.93. The largest absolute Gasteiger partial charge is 0.393 e. The summed E-state index contributed by atoms with van der Waals surface area (Å²) in [5.74, 6) is -1.40. The van der Waals surface area contributed by atoms with E-state index in [1.807, 2.05) is 12.1 Å². The van der Waals surface area contributed by atoms with E-state index in [-0.39, 0.29) is 34.1 Å². The van der Waals surface area contributed by atoms with Gasteiger partial charge in [0.05, 0.1) is 17.2 Å². The average molecular weight is 547 g/mol. The predicted molar refractivity (Wildman–Crippen MR) is 144 cm³/mol. The van der Waals surface area contributed by atoms with Crippen molar-refractivity contribution in [3.8, 4) is 0 Å². The van der Waals surface area contributed by atoms with E-state index in [4.69, 9.17) is 23.2 Å². The first-order valence-electron chi connectivity index (χ1n) is 12.9. The second-order valence-corrected chi connectivity index (χ2v) is 13.0. The number of benzene rings is 2. The molecule has 1 saturated carbocycles. The Balaban J connectivity index is 1.69. The quantitative estimate of drug-likeness (QED) is 0.429. The summed E-state index contributed by atoms with van der Waals surface area (Å²) >= 11 is 12.5. The molecule has 5 nitrogen and oxygen atoms in total. The van der Waals surface area contributed by atoms with Crippen LogP contribution in [-0.2, 0) is 15.0 Å². The Morgan fingerprint density at radius 2 is 1.95 bits per heavy atom. The molecule has 1 amide bonds. The highest BCUT2D eigenvalue weighted by Crippen LogP contribution is 2.57. The fourth-order valence-corrected chi connectivity index (χ4v) is 7.19. The average Bonchev–Trinajstić information content (AvgIpc) is 3.43. The van der Waals surface area contributed by atoms with Gasteiger partial charge in [0.15, 0.2) is 5.78 Å². The lowest BCUT2D eigenvalue weighted by Gasteiger charge is -2.37. The monoisotopic (exact) mass is 546 g/mol. The van der Waals surface area contributed by atoms with Gasteiger partial charge < -0.3 is 15.7 Å². The number of ketones is 1. The number of carbonyl (C=O) groups excluding carboxylic acids is 2. The van der Waals surface area contributed by atoms with Crippen molar-refractivity contribution in [2.24, 2.45) is 11.3 Å². The highest BCUT2D eigenvalue weighted by atomic mass is 35.5. The van der Waals surface area contributed by atoms with E-state index >= 15 is 0 Å². The summed E-state index contributed by atoms with van der Waals surface area (Å²) in [6.07, 6.45) is 2.61. The van der Waals surface area contributed by atoms with Gasteiger partial charge in [-0.05, 0) is 72.4 Å². The zero-order valence-electron chi connectivity index (χ0n) is 21.3. The van der Waals surface area contributed by atoms with Gasteiger partial charge in [-0.1, -0.05) is 56.1 Å². The second kappa shape index (κ2) is 9.64. The first-order valence-corrected chi connectivity index (χ1v) is 13.7. The molecule has 1 aliphatic carbocycles. The summed E-state index contributed by atoms with van der Waals surface area (Å²) < 4.78 is 15.0. The summed E-state index contributed by atoms with van der Waals surface area (Å²) in [7, 11) is 0. The molecule has 1 spiro atoms. The number of hydrogen-bond donors (Lipinski definition) is 3. The molecule has 0 aromatic heterocycles. The zero-order chi connectivity index (χ0) is 26.7. The number of rotatable bonds is 5. The van der Waals surface area contributed by atoms with Crippen molar-refractivity contribution in [1.82, 2.24) is 5.32 Å². The van der Waals surface area contributed by atoms with Gasteiger partial charge in [-0.15, -0.1) is 0 Å². The number of aliphatic hydroxyl groups excluding tert-OH is 1. The highest BCUT2D eigenvalue weighted by molar-refractivity contribution is 6.31. The van der Waals surface area contributed by atoms with Crippen LogP contribution in [0.2, 0.25) is 10.0 Å². The number of nitrogens with one attached hydrogen (secondary N) is 2. The van der Waals surface area contributed by atoms with Crippen molar-refractivity contribution in [1.29, 1.82) is 0 Å². The zero-order valence-corrected chi connectivity index (χ0v) is 22.8. The van der Waals surface area contributed by atoms with Crippen LogP contribution in [0.15, 0.2) is 36.4 Å². The molecule has 1 saturated heterocycles. The van der Waals surface area contributed by atoms with Crippen LogP contribution in [0.4, 0.5) is 10.1 Å². The van der Waals surface area contributed by atoms with Crippen LogP contribution in [0.5, 0.6) is 0 Å². The lowest BCUT2D eigenvalue weighted by atomic mass is 9.62. The molecule has 0 radical (unpaired) electrons. The molecular formula is C29H33Cl2FN2O3. The fraction of sp³-hybridized carbons (Fsp3) is 0.517. The molecule has 3 N–H and O–H groups in total. The predicted octanol–water partition coefficient (Wildman–Crippen LogP) is 6.00. The molecular weight excluding hydrogens is 514 g/mol. The first-order chi connectivity index (χ1) is 17.4. The standard InChI is InChI=1S/C29H33Cl2FN2O3/c1-28(2,3)14-24-29(19-12-21(32)20(31)13-22(19)33-27(29)37)25(16-5-4-6-17(30)11-16)26(34-24)23(36)10-15-7-8-18(35)9-15/h4-6,11-13,15,18,24-26,34-35H,7-10,14H2,1-3H3,(H,33,37)/t15?,18-,24-,25+,26+,29+/m1/s1. The van der Waals surface area contributed by atoms with E-state index in [2.05, 4.69) is 31.4 Å². The molecule has 0 bridgehead atoms.